The molecule has 1 amide bonds. The number of benzene rings is 1. The number of imidazole rings is 1. The van der Waals surface area contributed by atoms with E-state index in [0.29, 0.717) is 24.0 Å². The lowest BCUT2D eigenvalue weighted by Gasteiger charge is -2.25. The van der Waals surface area contributed by atoms with Gasteiger partial charge in [0.2, 0.25) is 15.9 Å². The molecule has 1 aromatic carbocycles. The lowest BCUT2D eigenvalue weighted by atomic mass is 10.1. The van der Waals surface area contributed by atoms with Crippen LogP contribution in [0.1, 0.15) is 41.9 Å². The Morgan fingerprint density at radius 1 is 1.27 bits per heavy atom. The molecule has 3 rings (SSSR count). The highest BCUT2D eigenvalue weighted by Crippen LogP contribution is 2.30. The zero-order valence-electron chi connectivity index (χ0n) is 17.2. The fourth-order valence-corrected chi connectivity index (χ4v) is 6.18. The highest BCUT2D eigenvalue weighted by Gasteiger charge is 2.40. The summed E-state index contributed by atoms with van der Waals surface area (Å²) in [6.45, 7) is 3.07. The van der Waals surface area contributed by atoms with Gasteiger partial charge in [0.1, 0.15) is 11.9 Å². The minimum absolute atomic E-state index is 0.0928. The highest BCUT2D eigenvalue weighted by molar-refractivity contribution is 7.89. The predicted octanol–water partition coefficient (Wildman–Crippen LogP) is 2.72. The first-order chi connectivity index (χ1) is 14.1. The molecule has 0 saturated carbocycles. The van der Waals surface area contributed by atoms with Gasteiger partial charge in [0, 0.05) is 31.9 Å². The molecule has 1 aromatic heterocycles. The number of carbonyl (C=O) groups excluding carboxylic acids is 1. The number of hydrogen-bond acceptors (Lipinski definition) is 4. The first-order valence-electron chi connectivity index (χ1n) is 9.80. The van der Waals surface area contributed by atoms with Gasteiger partial charge in [0.15, 0.2) is 0 Å². The van der Waals surface area contributed by atoms with E-state index in [2.05, 4.69) is 10.3 Å². The maximum atomic E-state index is 13.3. The molecule has 10 heteroatoms. The van der Waals surface area contributed by atoms with E-state index < -0.39 is 28.5 Å². The lowest BCUT2D eigenvalue weighted by molar-refractivity contribution is -0.124. The summed E-state index contributed by atoms with van der Waals surface area (Å²) >= 11 is 0. The van der Waals surface area contributed by atoms with Gasteiger partial charge in [-0.15, -0.1) is 0 Å². The van der Waals surface area contributed by atoms with Crippen LogP contribution in [0, 0.1) is 20.8 Å². The van der Waals surface area contributed by atoms with Crippen LogP contribution in [0.2, 0.25) is 0 Å². The van der Waals surface area contributed by atoms with E-state index >= 15 is 0 Å². The third-order valence-electron chi connectivity index (χ3n) is 5.28. The Morgan fingerprint density at radius 2 is 1.93 bits per heavy atom. The maximum Gasteiger partial charge on any atom is 0.319 e. The smallest absolute Gasteiger partial charge is 0.319 e. The van der Waals surface area contributed by atoms with Gasteiger partial charge in [-0.05, 0) is 44.7 Å². The fraction of sp³-hybridized carbons (Fsp3) is 0.500. The molecular formula is C20H26F2N4O3S. The first-order valence-corrected chi connectivity index (χ1v) is 11.2. The van der Waals surface area contributed by atoms with E-state index in [-0.39, 0.29) is 30.2 Å². The zero-order valence-corrected chi connectivity index (χ0v) is 18.0. The van der Waals surface area contributed by atoms with Crippen molar-refractivity contribution in [2.75, 3.05) is 13.1 Å². The van der Waals surface area contributed by atoms with Crippen molar-refractivity contribution < 1.29 is 22.0 Å². The number of nitrogens with zero attached hydrogens (tertiary/aromatic N) is 3. The molecule has 2 aromatic rings. The SMILES string of the molecule is Cc1cc(C)c(S(=O)(=O)N2CCCC2C(=O)NCCc2nccn2C(F)F)c(C)c1. The third kappa shape index (κ3) is 4.39. The Kier molecular flexibility index (Phi) is 6.56. The Morgan fingerprint density at radius 3 is 2.57 bits per heavy atom. The van der Waals surface area contributed by atoms with Crippen LogP contribution in [0.4, 0.5) is 8.78 Å². The molecule has 1 unspecified atom stereocenters. The van der Waals surface area contributed by atoms with Crippen LogP contribution >= 0.6 is 0 Å². The molecule has 1 aliphatic heterocycles. The molecule has 30 heavy (non-hydrogen) atoms. The summed E-state index contributed by atoms with van der Waals surface area (Å²) in [6, 6.07) is 2.82. The van der Waals surface area contributed by atoms with Crippen molar-refractivity contribution in [2.24, 2.45) is 0 Å². The Labute approximate surface area is 175 Å². The van der Waals surface area contributed by atoms with Gasteiger partial charge in [0.05, 0.1) is 4.90 Å². The average Bonchev–Trinajstić information content (AvgIpc) is 3.30. The van der Waals surface area contributed by atoms with Crippen LogP contribution in [-0.2, 0) is 21.2 Å². The second-order valence-electron chi connectivity index (χ2n) is 7.57. The lowest BCUT2D eigenvalue weighted by Crippen LogP contribution is -2.46. The van der Waals surface area contributed by atoms with E-state index in [1.54, 1.807) is 13.8 Å². The van der Waals surface area contributed by atoms with Crippen molar-refractivity contribution >= 4 is 15.9 Å². The van der Waals surface area contributed by atoms with Crippen molar-refractivity contribution in [3.05, 3.63) is 47.0 Å². The van der Waals surface area contributed by atoms with E-state index in [9.17, 15) is 22.0 Å². The summed E-state index contributed by atoms with van der Waals surface area (Å²) in [5.74, 6) is -0.263. The van der Waals surface area contributed by atoms with Crippen LogP contribution in [0.3, 0.4) is 0 Å². The Balaban J connectivity index is 1.72. The molecule has 1 N–H and O–H groups in total. The molecule has 0 radical (unpaired) electrons. The Bertz CT molecular complexity index is 1010. The molecule has 0 spiro atoms. The molecule has 164 valence electrons. The summed E-state index contributed by atoms with van der Waals surface area (Å²) < 4.78 is 54.4. The van der Waals surface area contributed by atoms with E-state index in [0.717, 1.165) is 10.1 Å². The fourth-order valence-electron chi connectivity index (χ4n) is 4.11. The summed E-state index contributed by atoms with van der Waals surface area (Å²) in [4.78, 5) is 16.8. The first kappa shape index (κ1) is 22.4. The molecule has 1 aliphatic rings. The second-order valence-corrected chi connectivity index (χ2v) is 9.40. The van der Waals surface area contributed by atoms with Crippen LogP contribution in [0.25, 0.3) is 0 Å². The number of sulfonamides is 1. The van der Waals surface area contributed by atoms with E-state index in [1.165, 1.54) is 16.7 Å². The molecule has 1 fully saturated rings. The molecule has 2 heterocycles. The summed E-state index contributed by atoms with van der Waals surface area (Å²) in [5, 5.41) is 2.68. The summed E-state index contributed by atoms with van der Waals surface area (Å²) in [5.41, 5.74) is 2.27. The Hall–Kier alpha value is -2.33. The molecule has 0 aliphatic carbocycles. The number of aromatic nitrogens is 2. The van der Waals surface area contributed by atoms with Gasteiger partial charge >= 0.3 is 6.55 Å². The standard InChI is InChI=1S/C20H26F2N4O3S/c1-13-11-14(2)18(15(3)12-13)30(28,29)26-9-4-5-16(26)19(27)24-7-6-17-23-8-10-25(17)20(21)22/h8,10-12,16,20H,4-7,9H2,1-3H3,(H,24,27). The van der Waals surface area contributed by atoms with Crippen molar-refractivity contribution in [3.8, 4) is 0 Å². The number of alkyl halides is 2. The maximum absolute atomic E-state index is 13.3. The molecule has 0 bridgehead atoms. The molecule has 1 saturated heterocycles. The van der Waals surface area contributed by atoms with Gasteiger partial charge in [-0.3, -0.25) is 9.36 Å². The summed E-state index contributed by atoms with van der Waals surface area (Å²) in [6.07, 6.45) is 3.58. The summed E-state index contributed by atoms with van der Waals surface area (Å²) in [7, 11) is -3.84. The number of amides is 1. The third-order valence-corrected chi connectivity index (χ3v) is 7.50. The van der Waals surface area contributed by atoms with Crippen molar-refractivity contribution in [1.82, 2.24) is 19.2 Å². The van der Waals surface area contributed by atoms with E-state index in [4.69, 9.17) is 0 Å². The second kappa shape index (κ2) is 8.81. The number of carbonyl (C=O) groups is 1. The number of nitrogens with one attached hydrogen (secondary N) is 1. The van der Waals surface area contributed by atoms with Crippen LogP contribution < -0.4 is 5.32 Å². The minimum Gasteiger partial charge on any atom is -0.354 e. The average molecular weight is 441 g/mol. The van der Waals surface area contributed by atoms with Gasteiger partial charge in [-0.2, -0.15) is 13.1 Å². The van der Waals surface area contributed by atoms with E-state index in [1.807, 2.05) is 19.1 Å². The van der Waals surface area contributed by atoms with Gasteiger partial charge in [-0.25, -0.2) is 13.4 Å². The van der Waals surface area contributed by atoms with Crippen molar-refractivity contribution in [1.29, 1.82) is 0 Å². The quantitative estimate of drug-likeness (QED) is 0.718. The number of halogens is 2. The topological polar surface area (TPSA) is 84.3 Å². The number of hydrogen-bond donors (Lipinski definition) is 1. The zero-order chi connectivity index (χ0) is 22.1. The van der Waals surface area contributed by atoms with Crippen LogP contribution in [0.5, 0.6) is 0 Å². The van der Waals surface area contributed by atoms with Gasteiger partial charge < -0.3 is 5.32 Å². The molecular weight excluding hydrogens is 414 g/mol. The van der Waals surface area contributed by atoms with Crippen LogP contribution in [-0.4, -0.2) is 47.3 Å². The van der Waals surface area contributed by atoms with Crippen molar-refractivity contribution in [2.45, 2.75) is 57.5 Å². The van der Waals surface area contributed by atoms with Crippen molar-refractivity contribution in [3.63, 3.8) is 0 Å². The van der Waals surface area contributed by atoms with Gasteiger partial charge in [0.25, 0.3) is 0 Å². The predicted molar refractivity (Wildman–Crippen MR) is 108 cm³/mol. The highest BCUT2D eigenvalue weighted by atomic mass is 32.2. The minimum atomic E-state index is -3.84. The largest absolute Gasteiger partial charge is 0.354 e. The number of aryl methyl sites for hydroxylation is 3. The van der Waals surface area contributed by atoms with Crippen LogP contribution in [0.15, 0.2) is 29.4 Å². The monoisotopic (exact) mass is 440 g/mol. The van der Waals surface area contributed by atoms with Gasteiger partial charge in [-0.1, -0.05) is 17.7 Å². The molecule has 1 atom stereocenters. The normalized spacial score (nSPS) is 17.6. The molecule has 7 nitrogen and oxygen atoms in total. The number of rotatable bonds is 7.